The summed E-state index contributed by atoms with van der Waals surface area (Å²) in [5, 5.41) is 3.06. The van der Waals surface area contributed by atoms with Crippen molar-refractivity contribution in [3.8, 4) is 0 Å². The first-order valence-corrected chi connectivity index (χ1v) is 4.60. The molecule has 0 saturated heterocycles. The van der Waals surface area contributed by atoms with E-state index in [4.69, 9.17) is 0 Å². The molecule has 15 heavy (non-hydrogen) atoms. The van der Waals surface area contributed by atoms with Gasteiger partial charge in [0.1, 0.15) is 0 Å². The molecule has 2 rings (SSSR count). The molecule has 0 unspecified atom stereocenters. The standard InChI is InChI=1S/C9H10BF3N.K/c11-10(12,13)9-2-1-7-3-4-14-6-8(7)5-9;/h1-2,5,14H,3-4,6H2;/q-1;+1. The molecule has 0 bridgehead atoms. The third-order valence-corrected chi connectivity index (χ3v) is 2.49. The first-order chi connectivity index (χ1) is 6.57. The van der Waals surface area contributed by atoms with Crippen molar-refractivity contribution in [1.82, 2.24) is 5.32 Å². The van der Waals surface area contributed by atoms with E-state index in [2.05, 4.69) is 5.32 Å². The molecule has 0 radical (unpaired) electrons. The number of hydrogen-bond acceptors (Lipinski definition) is 1. The SMILES string of the molecule is F[B-](F)(F)c1ccc2c(c1)CNCC2.[K+]. The van der Waals surface area contributed by atoms with Crippen molar-refractivity contribution in [2.45, 2.75) is 13.0 Å². The maximum absolute atomic E-state index is 12.4. The van der Waals surface area contributed by atoms with Gasteiger partial charge in [0.15, 0.2) is 0 Å². The summed E-state index contributed by atoms with van der Waals surface area (Å²) in [7, 11) is 0. The zero-order chi connectivity index (χ0) is 10.2. The summed E-state index contributed by atoms with van der Waals surface area (Å²) in [5.41, 5.74) is 1.33. The Bertz CT molecular complexity index is 354. The first kappa shape index (κ1) is 13.7. The smallest absolute Gasteiger partial charge is 0.445 e. The Balaban J connectivity index is 0.00000112. The van der Waals surface area contributed by atoms with Gasteiger partial charge in [-0.2, -0.15) is 0 Å². The predicted octanol–water partition coefficient (Wildman–Crippen LogP) is -1.61. The second kappa shape index (κ2) is 5.34. The predicted molar refractivity (Wildman–Crippen MR) is 50.6 cm³/mol. The minimum absolute atomic E-state index is 0. The van der Waals surface area contributed by atoms with E-state index in [1.54, 1.807) is 6.07 Å². The number of fused-ring (bicyclic) bond motifs is 1. The molecule has 1 heterocycles. The number of benzene rings is 1. The Morgan fingerprint density at radius 1 is 1.13 bits per heavy atom. The second-order valence-electron chi connectivity index (χ2n) is 3.53. The van der Waals surface area contributed by atoms with E-state index in [0.29, 0.717) is 6.54 Å². The van der Waals surface area contributed by atoms with Gasteiger partial charge in [-0.1, -0.05) is 18.2 Å². The average Bonchev–Trinajstić information content (AvgIpc) is 2.16. The van der Waals surface area contributed by atoms with Crippen LogP contribution in [-0.2, 0) is 13.0 Å². The minimum Gasteiger partial charge on any atom is -0.445 e. The van der Waals surface area contributed by atoms with Crippen LogP contribution in [0.25, 0.3) is 0 Å². The molecule has 0 saturated carbocycles. The summed E-state index contributed by atoms with van der Waals surface area (Å²) in [4.78, 5) is 0. The van der Waals surface area contributed by atoms with Crippen molar-refractivity contribution in [3.05, 3.63) is 29.3 Å². The molecular formula is C9H10BF3KN. The number of rotatable bonds is 1. The van der Waals surface area contributed by atoms with E-state index < -0.39 is 12.4 Å². The van der Waals surface area contributed by atoms with Crippen LogP contribution in [0.3, 0.4) is 0 Å². The Morgan fingerprint density at radius 2 is 1.87 bits per heavy atom. The van der Waals surface area contributed by atoms with Crippen molar-refractivity contribution in [2.75, 3.05) is 6.54 Å². The molecule has 1 aliphatic heterocycles. The summed E-state index contributed by atoms with van der Waals surface area (Å²) >= 11 is 0. The molecule has 1 N–H and O–H groups in total. The second-order valence-corrected chi connectivity index (χ2v) is 3.53. The maximum Gasteiger partial charge on any atom is 1.00 e. The fourth-order valence-corrected chi connectivity index (χ4v) is 1.70. The van der Waals surface area contributed by atoms with Crippen molar-refractivity contribution in [2.24, 2.45) is 0 Å². The quantitative estimate of drug-likeness (QED) is 0.581. The molecule has 1 aromatic carbocycles. The summed E-state index contributed by atoms with van der Waals surface area (Å²) < 4.78 is 37.2. The van der Waals surface area contributed by atoms with Gasteiger partial charge < -0.3 is 18.3 Å². The molecular weight excluding hydrogens is 229 g/mol. The third-order valence-electron chi connectivity index (χ3n) is 2.49. The van der Waals surface area contributed by atoms with E-state index in [1.807, 2.05) is 0 Å². The van der Waals surface area contributed by atoms with Crippen molar-refractivity contribution in [3.63, 3.8) is 0 Å². The first-order valence-electron chi connectivity index (χ1n) is 4.60. The van der Waals surface area contributed by atoms with E-state index in [9.17, 15) is 12.9 Å². The molecule has 0 amide bonds. The Labute approximate surface area is 129 Å². The third kappa shape index (κ3) is 3.31. The molecule has 1 nitrogen and oxygen atoms in total. The van der Waals surface area contributed by atoms with Crippen LogP contribution in [0.4, 0.5) is 12.9 Å². The zero-order valence-corrected chi connectivity index (χ0v) is 11.7. The van der Waals surface area contributed by atoms with Gasteiger partial charge in [0, 0.05) is 6.54 Å². The summed E-state index contributed by atoms with van der Waals surface area (Å²) in [6.07, 6.45) is 0.820. The molecule has 0 spiro atoms. The topological polar surface area (TPSA) is 12.0 Å². The molecule has 0 atom stereocenters. The van der Waals surface area contributed by atoms with Crippen LogP contribution >= 0.6 is 0 Å². The molecule has 6 heteroatoms. The van der Waals surface area contributed by atoms with Crippen LogP contribution in [0.2, 0.25) is 0 Å². The summed E-state index contributed by atoms with van der Waals surface area (Å²) in [6, 6.07) is 4.05. The van der Waals surface area contributed by atoms with E-state index >= 15 is 0 Å². The number of halogens is 3. The maximum atomic E-state index is 12.4. The fourth-order valence-electron chi connectivity index (χ4n) is 1.70. The van der Waals surface area contributed by atoms with Crippen LogP contribution < -0.4 is 62.2 Å². The fraction of sp³-hybridized carbons (Fsp3) is 0.333. The molecule has 1 aromatic rings. The van der Waals surface area contributed by atoms with Gasteiger partial charge in [0.05, 0.1) is 0 Å². The van der Waals surface area contributed by atoms with Gasteiger partial charge in [-0.05, 0) is 24.1 Å². The Hall–Kier alpha value is 0.671. The Morgan fingerprint density at radius 3 is 2.53 bits per heavy atom. The van der Waals surface area contributed by atoms with Crippen molar-refractivity contribution < 1.29 is 64.3 Å². The molecule has 0 aromatic heterocycles. The van der Waals surface area contributed by atoms with Crippen LogP contribution in [-0.4, -0.2) is 13.5 Å². The van der Waals surface area contributed by atoms with E-state index in [-0.39, 0.29) is 51.4 Å². The van der Waals surface area contributed by atoms with E-state index in [0.717, 1.165) is 24.1 Å². The number of nitrogens with one attached hydrogen (secondary N) is 1. The van der Waals surface area contributed by atoms with Crippen molar-refractivity contribution >= 4 is 12.4 Å². The van der Waals surface area contributed by atoms with Gasteiger partial charge in [-0.15, -0.1) is 5.46 Å². The van der Waals surface area contributed by atoms with Crippen LogP contribution in [0, 0.1) is 0 Å². The van der Waals surface area contributed by atoms with Gasteiger partial charge in [0.25, 0.3) is 0 Å². The normalized spacial score (nSPS) is 15.4. The van der Waals surface area contributed by atoms with E-state index in [1.165, 1.54) is 12.1 Å². The van der Waals surface area contributed by atoms with Crippen LogP contribution in [0.5, 0.6) is 0 Å². The monoisotopic (exact) mass is 239 g/mol. The molecule has 1 aliphatic rings. The average molecular weight is 239 g/mol. The van der Waals surface area contributed by atoms with Crippen LogP contribution in [0.1, 0.15) is 11.1 Å². The van der Waals surface area contributed by atoms with Gasteiger partial charge in [-0.3, -0.25) is 0 Å². The molecule has 0 fully saturated rings. The zero-order valence-electron chi connectivity index (χ0n) is 8.56. The van der Waals surface area contributed by atoms with Gasteiger partial charge in [-0.25, -0.2) is 0 Å². The van der Waals surface area contributed by atoms with Gasteiger partial charge >= 0.3 is 58.4 Å². The summed E-state index contributed by atoms with van der Waals surface area (Å²) in [6.45, 7) is -3.45. The summed E-state index contributed by atoms with van der Waals surface area (Å²) in [5.74, 6) is 0. The largest absolute Gasteiger partial charge is 1.00 e. The Kier molecular flexibility index (Phi) is 4.89. The minimum atomic E-state index is -4.86. The number of hydrogen-bond donors (Lipinski definition) is 1. The molecule has 76 valence electrons. The van der Waals surface area contributed by atoms with Crippen LogP contribution in [0.15, 0.2) is 18.2 Å². The van der Waals surface area contributed by atoms with Gasteiger partial charge in [0.2, 0.25) is 0 Å². The molecule has 0 aliphatic carbocycles. The van der Waals surface area contributed by atoms with Crippen molar-refractivity contribution in [1.29, 1.82) is 0 Å².